The van der Waals surface area contributed by atoms with Crippen LogP contribution in [0.3, 0.4) is 0 Å². The number of carbonyl (C=O) groups excluding carboxylic acids is 2. The van der Waals surface area contributed by atoms with Gasteiger partial charge in [-0.3, -0.25) is 4.79 Å². The predicted molar refractivity (Wildman–Crippen MR) is 165 cm³/mol. The maximum Gasteiger partial charge on any atom is 0.405 e. The summed E-state index contributed by atoms with van der Waals surface area (Å²) in [6.07, 6.45) is 6.52. The number of hydrogen-bond donors (Lipinski definition) is 2. The van der Waals surface area contributed by atoms with E-state index < -0.39 is 33.7 Å². The molecule has 0 saturated heterocycles. The number of benzene rings is 2. The molecule has 1 fully saturated rings. The minimum absolute atomic E-state index is 0.00380. The van der Waals surface area contributed by atoms with Gasteiger partial charge in [-0.25, -0.2) is 17.9 Å². The average Bonchev–Trinajstić information content (AvgIpc) is 3.09. The van der Waals surface area contributed by atoms with Gasteiger partial charge < -0.3 is 24.8 Å². The van der Waals surface area contributed by atoms with Crippen LogP contribution in [0.2, 0.25) is 5.02 Å². The van der Waals surface area contributed by atoms with E-state index >= 15 is 0 Å². The lowest BCUT2D eigenvalue weighted by atomic mass is 9.68. The minimum atomic E-state index is -4.23. The minimum Gasteiger partial charge on any atom is -0.490 e. The standard InChI is InChI=1S/C32H38ClN3O7S/c1-31(2)29(37)35-44(39,40)23-9-12-28-26(16-23)36(17-21-7-10-24(21)27(43-30(34)38)6-4-14-42-31)18-32(19-41-28)13-3-5-20-15-22(33)8-11-25(20)32/h4,6,8-9,11-12,15-16,21,24,27H,3,5,7,10,13-14,17-19H2,1-2H3,(H2,34,38)(H,35,37)/b6-4+/t21-,24+,27-,32-/m0/s1. The van der Waals surface area contributed by atoms with Crippen molar-refractivity contribution in [1.82, 2.24) is 4.72 Å². The van der Waals surface area contributed by atoms with Gasteiger partial charge in [0, 0.05) is 29.4 Å². The Morgan fingerprint density at radius 2 is 2.00 bits per heavy atom. The second-order valence-electron chi connectivity index (χ2n) is 12.8. The third-order valence-corrected chi connectivity index (χ3v) is 11.1. The van der Waals surface area contributed by atoms with Crippen LogP contribution >= 0.6 is 11.6 Å². The van der Waals surface area contributed by atoms with Gasteiger partial charge in [-0.1, -0.05) is 23.7 Å². The second-order valence-corrected chi connectivity index (χ2v) is 14.9. The summed E-state index contributed by atoms with van der Waals surface area (Å²) in [5, 5.41) is 0.694. The molecule has 0 radical (unpaired) electrons. The molecular formula is C32H38ClN3O7S. The zero-order valence-electron chi connectivity index (χ0n) is 24.9. The fourth-order valence-corrected chi connectivity index (χ4v) is 8.33. The Hall–Kier alpha value is -3.28. The number of hydrogen-bond acceptors (Lipinski definition) is 8. The third kappa shape index (κ3) is 5.89. The first-order valence-electron chi connectivity index (χ1n) is 15.0. The Morgan fingerprint density at radius 3 is 2.75 bits per heavy atom. The van der Waals surface area contributed by atoms with Gasteiger partial charge in [-0.2, -0.15) is 0 Å². The molecule has 6 rings (SSSR count). The first-order valence-corrected chi connectivity index (χ1v) is 16.9. The van der Waals surface area contributed by atoms with Crippen LogP contribution in [0, 0.1) is 11.8 Å². The van der Waals surface area contributed by atoms with Crippen molar-refractivity contribution in [2.75, 3.05) is 31.2 Å². The van der Waals surface area contributed by atoms with Crippen LogP contribution in [0.15, 0.2) is 53.4 Å². The van der Waals surface area contributed by atoms with Crippen LogP contribution in [0.25, 0.3) is 0 Å². The summed E-state index contributed by atoms with van der Waals surface area (Å²) >= 11 is 6.38. The van der Waals surface area contributed by atoms with Crippen LogP contribution in [0.1, 0.15) is 50.7 Å². The highest BCUT2D eigenvalue weighted by molar-refractivity contribution is 7.90. The van der Waals surface area contributed by atoms with E-state index in [1.54, 1.807) is 24.3 Å². The largest absolute Gasteiger partial charge is 0.490 e. The molecule has 2 heterocycles. The number of amides is 2. The SMILES string of the molecule is CC1(C)OC/C=C/[C@H](OC(N)=O)[C@@H]2CC[C@H]2CN2C[C@@]3(CCCc4cc(Cl)ccc43)COc3ccc(cc32)S(=O)(=O)NC1=O. The average molecular weight is 644 g/mol. The van der Waals surface area contributed by atoms with Crippen LogP contribution in [0.5, 0.6) is 5.75 Å². The van der Waals surface area contributed by atoms with Crippen molar-refractivity contribution < 1.29 is 32.2 Å². The number of nitrogens with two attached hydrogens (primary N) is 1. The molecule has 1 saturated carbocycles. The molecule has 2 aromatic rings. The van der Waals surface area contributed by atoms with Crippen molar-refractivity contribution in [3.63, 3.8) is 0 Å². The highest BCUT2D eigenvalue weighted by Crippen LogP contribution is 2.47. The maximum atomic E-state index is 13.5. The van der Waals surface area contributed by atoms with Crippen molar-refractivity contribution >= 4 is 39.3 Å². The number of nitrogens with zero attached hydrogens (tertiary/aromatic N) is 1. The van der Waals surface area contributed by atoms with Crippen molar-refractivity contribution in [2.24, 2.45) is 17.6 Å². The van der Waals surface area contributed by atoms with Crippen molar-refractivity contribution in [2.45, 2.75) is 68.0 Å². The van der Waals surface area contributed by atoms with Gasteiger partial charge in [-0.05, 0) is 99.4 Å². The van der Waals surface area contributed by atoms with E-state index in [0.717, 1.165) is 32.1 Å². The number of nitrogens with one attached hydrogen (secondary N) is 1. The van der Waals surface area contributed by atoms with E-state index in [4.69, 9.17) is 31.5 Å². The molecule has 0 unspecified atom stereocenters. The Morgan fingerprint density at radius 1 is 1.18 bits per heavy atom. The quantitative estimate of drug-likeness (QED) is 0.434. The van der Waals surface area contributed by atoms with Gasteiger partial charge in [0.05, 0.1) is 23.8 Å². The van der Waals surface area contributed by atoms with Crippen molar-refractivity contribution in [3.05, 3.63) is 64.7 Å². The number of ether oxygens (including phenoxy) is 3. The van der Waals surface area contributed by atoms with E-state index in [-0.39, 0.29) is 28.8 Å². The highest BCUT2D eigenvalue weighted by atomic mass is 35.5. The lowest BCUT2D eigenvalue weighted by Gasteiger charge is -2.45. The summed E-state index contributed by atoms with van der Waals surface area (Å²) in [7, 11) is -4.23. The Balaban J connectivity index is 1.45. The zero-order chi connectivity index (χ0) is 31.3. The monoisotopic (exact) mass is 643 g/mol. The maximum absolute atomic E-state index is 13.5. The molecule has 12 heteroatoms. The summed E-state index contributed by atoms with van der Waals surface area (Å²) in [6.45, 7) is 4.59. The van der Waals surface area contributed by atoms with Crippen LogP contribution in [0.4, 0.5) is 10.5 Å². The molecular weight excluding hydrogens is 606 g/mol. The molecule has 2 amide bonds. The zero-order valence-corrected chi connectivity index (χ0v) is 26.5. The molecule has 3 N–H and O–H groups in total. The number of rotatable bonds is 1. The van der Waals surface area contributed by atoms with Gasteiger partial charge in [0.15, 0.2) is 0 Å². The number of anilines is 1. The van der Waals surface area contributed by atoms with Gasteiger partial charge >= 0.3 is 6.09 Å². The van der Waals surface area contributed by atoms with E-state index in [0.29, 0.717) is 36.2 Å². The van der Waals surface area contributed by atoms with Crippen molar-refractivity contribution in [1.29, 1.82) is 0 Å². The first-order chi connectivity index (χ1) is 20.9. The molecule has 2 aromatic carbocycles. The Labute approximate surface area is 262 Å². The summed E-state index contributed by atoms with van der Waals surface area (Å²) in [6, 6.07) is 10.7. The normalized spacial score (nSPS) is 29.9. The lowest BCUT2D eigenvalue weighted by molar-refractivity contribution is -0.139. The van der Waals surface area contributed by atoms with Gasteiger partial charge in [0.1, 0.15) is 17.5 Å². The first kappa shape index (κ1) is 30.7. The van der Waals surface area contributed by atoms with Gasteiger partial charge in [-0.15, -0.1) is 0 Å². The number of halogens is 1. The van der Waals surface area contributed by atoms with E-state index in [1.807, 2.05) is 12.1 Å². The Bertz CT molecular complexity index is 1610. The molecule has 1 spiro atoms. The molecule has 2 aliphatic carbocycles. The van der Waals surface area contributed by atoms with Crippen LogP contribution < -0.4 is 20.1 Å². The third-order valence-electron chi connectivity index (χ3n) is 9.56. The smallest absolute Gasteiger partial charge is 0.405 e. The molecule has 4 atom stereocenters. The van der Waals surface area contributed by atoms with Gasteiger partial charge in [0.25, 0.3) is 15.9 Å². The fourth-order valence-electron chi connectivity index (χ4n) is 7.02. The van der Waals surface area contributed by atoms with Crippen molar-refractivity contribution in [3.8, 4) is 5.75 Å². The Kier molecular flexibility index (Phi) is 8.09. The molecule has 236 valence electrons. The number of primary amides is 1. The molecule has 0 aromatic heterocycles. The fraction of sp³-hybridized carbons (Fsp3) is 0.500. The number of sulfonamides is 1. The summed E-state index contributed by atoms with van der Waals surface area (Å²) in [5.41, 5.74) is 6.68. The topological polar surface area (TPSA) is 137 Å². The number of aryl methyl sites for hydroxylation is 1. The van der Waals surface area contributed by atoms with E-state index in [2.05, 4.69) is 15.7 Å². The van der Waals surface area contributed by atoms with Gasteiger partial charge in [0.2, 0.25) is 0 Å². The summed E-state index contributed by atoms with van der Waals surface area (Å²) < 4.78 is 47.0. The summed E-state index contributed by atoms with van der Waals surface area (Å²) in [4.78, 5) is 27.1. The molecule has 2 bridgehead atoms. The number of carbonyl (C=O) groups is 2. The lowest BCUT2D eigenvalue weighted by Crippen LogP contribution is -2.50. The molecule has 2 aliphatic heterocycles. The van der Waals surface area contributed by atoms with E-state index in [9.17, 15) is 18.0 Å². The second kappa shape index (κ2) is 11.6. The summed E-state index contributed by atoms with van der Waals surface area (Å²) in [5.74, 6) is -0.110. The predicted octanol–water partition coefficient (Wildman–Crippen LogP) is 4.47. The molecule has 44 heavy (non-hydrogen) atoms. The number of fused-ring (bicyclic) bond motifs is 4. The molecule has 10 nitrogen and oxygen atoms in total. The van der Waals surface area contributed by atoms with Crippen LogP contribution in [-0.4, -0.2) is 58.4 Å². The van der Waals surface area contributed by atoms with Crippen LogP contribution in [-0.2, 0) is 36.1 Å². The highest BCUT2D eigenvalue weighted by Gasteiger charge is 2.45. The van der Waals surface area contributed by atoms with E-state index in [1.165, 1.54) is 31.0 Å². The molecule has 4 aliphatic rings.